The van der Waals surface area contributed by atoms with E-state index in [4.69, 9.17) is 16.3 Å². The minimum Gasteiger partial charge on any atom is -0.497 e. The summed E-state index contributed by atoms with van der Waals surface area (Å²) in [5, 5.41) is -0.343. The summed E-state index contributed by atoms with van der Waals surface area (Å²) in [6.07, 6.45) is 1.04. The predicted octanol–water partition coefficient (Wildman–Crippen LogP) is 1.70. The standard InChI is InChI=1S/C10H9ClN2O3S/c1-16-6-3-4-7-8(5-6)12-9(11)10(13-7)17(2,14)15/h3-5H,1-2H3. The number of benzene rings is 1. The van der Waals surface area contributed by atoms with E-state index in [2.05, 4.69) is 9.97 Å². The molecule has 5 nitrogen and oxygen atoms in total. The van der Waals surface area contributed by atoms with Gasteiger partial charge in [0.2, 0.25) is 0 Å². The van der Waals surface area contributed by atoms with Gasteiger partial charge in [0.15, 0.2) is 20.0 Å². The number of fused-ring (bicyclic) bond motifs is 1. The van der Waals surface area contributed by atoms with Crippen molar-refractivity contribution in [2.45, 2.75) is 5.03 Å². The highest BCUT2D eigenvalue weighted by molar-refractivity contribution is 7.90. The van der Waals surface area contributed by atoms with Crippen LogP contribution in [0, 0.1) is 0 Å². The lowest BCUT2D eigenvalue weighted by Gasteiger charge is -2.04. The Kier molecular flexibility index (Phi) is 2.92. The molecule has 1 aromatic heterocycles. The van der Waals surface area contributed by atoms with E-state index >= 15 is 0 Å². The van der Waals surface area contributed by atoms with Crippen LogP contribution in [0.5, 0.6) is 5.75 Å². The van der Waals surface area contributed by atoms with Crippen molar-refractivity contribution in [2.75, 3.05) is 13.4 Å². The summed E-state index contributed by atoms with van der Waals surface area (Å²) in [6.45, 7) is 0. The van der Waals surface area contributed by atoms with Crippen molar-refractivity contribution >= 4 is 32.5 Å². The van der Waals surface area contributed by atoms with E-state index in [1.165, 1.54) is 7.11 Å². The van der Waals surface area contributed by atoms with Crippen LogP contribution < -0.4 is 4.74 Å². The van der Waals surface area contributed by atoms with Crippen LogP contribution in [-0.2, 0) is 9.84 Å². The zero-order valence-corrected chi connectivity index (χ0v) is 10.7. The Morgan fingerprint density at radius 1 is 1.24 bits per heavy atom. The van der Waals surface area contributed by atoms with Gasteiger partial charge in [0.05, 0.1) is 18.1 Å². The Morgan fingerprint density at radius 2 is 1.94 bits per heavy atom. The van der Waals surface area contributed by atoms with E-state index in [9.17, 15) is 8.42 Å². The molecular weight excluding hydrogens is 264 g/mol. The van der Waals surface area contributed by atoms with Crippen LogP contribution in [0.1, 0.15) is 0 Å². The molecule has 90 valence electrons. The summed E-state index contributed by atoms with van der Waals surface area (Å²) in [4.78, 5) is 7.98. The molecule has 0 saturated carbocycles. The van der Waals surface area contributed by atoms with Gasteiger partial charge in [0, 0.05) is 12.3 Å². The van der Waals surface area contributed by atoms with Crippen molar-refractivity contribution < 1.29 is 13.2 Å². The van der Waals surface area contributed by atoms with Gasteiger partial charge in [-0.05, 0) is 12.1 Å². The Labute approximate surface area is 103 Å². The predicted molar refractivity (Wildman–Crippen MR) is 64.2 cm³/mol. The monoisotopic (exact) mass is 272 g/mol. The first-order valence-corrected chi connectivity index (χ1v) is 6.90. The third-order valence-corrected chi connectivity index (χ3v) is 3.51. The topological polar surface area (TPSA) is 69.2 Å². The summed E-state index contributed by atoms with van der Waals surface area (Å²) in [6, 6.07) is 4.95. The summed E-state index contributed by atoms with van der Waals surface area (Å²) < 4.78 is 27.8. The van der Waals surface area contributed by atoms with Gasteiger partial charge in [-0.2, -0.15) is 0 Å². The lowest BCUT2D eigenvalue weighted by molar-refractivity contribution is 0.415. The zero-order chi connectivity index (χ0) is 12.6. The molecule has 0 radical (unpaired) electrons. The molecule has 0 fully saturated rings. The van der Waals surface area contributed by atoms with Crippen LogP contribution in [0.25, 0.3) is 11.0 Å². The first kappa shape index (κ1) is 12.1. The molecule has 0 atom stereocenters. The van der Waals surface area contributed by atoms with Crippen molar-refractivity contribution in [2.24, 2.45) is 0 Å². The van der Waals surface area contributed by atoms with Gasteiger partial charge in [-0.1, -0.05) is 11.6 Å². The average Bonchev–Trinajstić information content (AvgIpc) is 2.25. The summed E-state index contributed by atoms with van der Waals surface area (Å²) in [5.74, 6) is 0.606. The maximum absolute atomic E-state index is 11.4. The lowest BCUT2D eigenvalue weighted by Crippen LogP contribution is -2.03. The molecule has 1 heterocycles. The SMILES string of the molecule is COc1ccc2nc(S(C)(=O)=O)c(Cl)nc2c1. The van der Waals surface area contributed by atoms with Gasteiger partial charge < -0.3 is 4.74 Å². The second-order valence-electron chi connectivity index (χ2n) is 3.45. The van der Waals surface area contributed by atoms with E-state index in [0.717, 1.165) is 6.26 Å². The van der Waals surface area contributed by atoms with Crippen LogP contribution >= 0.6 is 11.6 Å². The van der Waals surface area contributed by atoms with E-state index in [1.54, 1.807) is 18.2 Å². The van der Waals surface area contributed by atoms with Gasteiger partial charge in [0.1, 0.15) is 5.75 Å². The molecule has 0 unspecified atom stereocenters. The van der Waals surface area contributed by atoms with Gasteiger partial charge in [-0.3, -0.25) is 0 Å². The number of nitrogens with zero attached hydrogens (tertiary/aromatic N) is 2. The Hall–Kier alpha value is -1.40. The highest BCUT2D eigenvalue weighted by Gasteiger charge is 2.16. The quantitative estimate of drug-likeness (QED) is 0.832. The van der Waals surface area contributed by atoms with Crippen LogP contribution in [0.2, 0.25) is 5.15 Å². The average molecular weight is 273 g/mol. The van der Waals surface area contributed by atoms with Crippen LogP contribution in [0.15, 0.2) is 23.2 Å². The number of rotatable bonds is 2. The smallest absolute Gasteiger partial charge is 0.195 e. The first-order valence-electron chi connectivity index (χ1n) is 4.63. The second kappa shape index (κ2) is 4.12. The molecule has 2 aromatic rings. The molecular formula is C10H9ClN2O3S. The molecule has 7 heteroatoms. The normalized spacial score (nSPS) is 11.7. The van der Waals surface area contributed by atoms with Crippen LogP contribution in [0.3, 0.4) is 0 Å². The summed E-state index contributed by atoms with van der Waals surface area (Å²) in [5.41, 5.74) is 0.942. The van der Waals surface area contributed by atoms with Crippen molar-refractivity contribution in [3.63, 3.8) is 0 Å². The number of hydrogen-bond donors (Lipinski definition) is 0. The summed E-state index contributed by atoms with van der Waals surface area (Å²) >= 11 is 5.79. The number of hydrogen-bond acceptors (Lipinski definition) is 5. The molecule has 0 saturated heterocycles. The van der Waals surface area contributed by atoms with Gasteiger partial charge in [-0.15, -0.1) is 0 Å². The number of aromatic nitrogens is 2. The molecule has 0 aliphatic rings. The second-order valence-corrected chi connectivity index (χ2v) is 5.74. The number of methoxy groups -OCH3 is 1. The maximum atomic E-state index is 11.4. The minimum atomic E-state index is -3.48. The van der Waals surface area contributed by atoms with Gasteiger partial charge in [-0.25, -0.2) is 18.4 Å². The Morgan fingerprint density at radius 3 is 2.53 bits per heavy atom. The molecule has 0 aliphatic carbocycles. The van der Waals surface area contributed by atoms with Crippen molar-refractivity contribution in [3.8, 4) is 5.75 Å². The largest absolute Gasteiger partial charge is 0.497 e. The van der Waals surface area contributed by atoms with Gasteiger partial charge in [0.25, 0.3) is 0 Å². The molecule has 0 N–H and O–H groups in total. The van der Waals surface area contributed by atoms with Crippen molar-refractivity contribution in [1.82, 2.24) is 9.97 Å². The maximum Gasteiger partial charge on any atom is 0.195 e. The highest BCUT2D eigenvalue weighted by atomic mass is 35.5. The number of sulfone groups is 1. The first-order chi connectivity index (χ1) is 7.91. The molecule has 2 rings (SSSR count). The number of halogens is 1. The fraction of sp³-hybridized carbons (Fsp3) is 0.200. The van der Waals surface area contributed by atoms with Gasteiger partial charge >= 0.3 is 0 Å². The van der Waals surface area contributed by atoms with Crippen molar-refractivity contribution in [3.05, 3.63) is 23.4 Å². The summed E-state index contributed by atoms with van der Waals surface area (Å²) in [7, 11) is -1.95. The highest BCUT2D eigenvalue weighted by Crippen LogP contribution is 2.23. The van der Waals surface area contributed by atoms with Crippen LogP contribution in [0.4, 0.5) is 0 Å². The molecule has 0 bridgehead atoms. The fourth-order valence-corrected chi connectivity index (χ4v) is 2.53. The molecule has 17 heavy (non-hydrogen) atoms. The van der Waals surface area contributed by atoms with E-state index in [0.29, 0.717) is 16.8 Å². The Balaban J connectivity index is 2.75. The lowest BCUT2D eigenvalue weighted by atomic mass is 10.3. The fourth-order valence-electron chi connectivity index (χ4n) is 1.36. The molecule has 0 amide bonds. The Bertz CT molecular complexity index is 685. The molecule has 0 aliphatic heterocycles. The third kappa shape index (κ3) is 2.32. The van der Waals surface area contributed by atoms with Crippen molar-refractivity contribution in [1.29, 1.82) is 0 Å². The van der Waals surface area contributed by atoms with Crippen LogP contribution in [-0.4, -0.2) is 31.8 Å². The third-order valence-electron chi connectivity index (χ3n) is 2.15. The van der Waals surface area contributed by atoms with E-state index in [1.807, 2.05) is 0 Å². The van der Waals surface area contributed by atoms with E-state index < -0.39 is 9.84 Å². The molecule has 1 aromatic carbocycles. The minimum absolute atomic E-state index is 0.131. The van der Waals surface area contributed by atoms with E-state index in [-0.39, 0.29) is 10.2 Å². The molecule has 0 spiro atoms. The number of ether oxygens (including phenoxy) is 1. The zero-order valence-electron chi connectivity index (χ0n) is 9.14.